The highest BCUT2D eigenvalue weighted by Crippen LogP contribution is 2.44. The van der Waals surface area contributed by atoms with Crippen molar-refractivity contribution >= 4 is 0 Å². The summed E-state index contributed by atoms with van der Waals surface area (Å²) in [6.07, 6.45) is 17.5. The average molecular weight is 216 g/mol. The van der Waals surface area contributed by atoms with Crippen molar-refractivity contribution in [2.24, 2.45) is 5.41 Å². The van der Waals surface area contributed by atoms with Crippen molar-refractivity contribution in [3.8, 4) is 0 Å². The van der Waals surface area contributed by atoms with Gasteiger partial charge in [-0.05, 0) is 36.8 Å². The molecule has 0 bridgehead atoms. The van der Waals surface area contributed by atoms with Crippen LogP contribution in [0.4, 0.5) is 0 Å². The summed E-state index contributed by atoms with van der Waals surface area (Å²) in [4.78, 5) is 0. The van der Waals surface area contributed by atoms with E-state index in [9.17, 15) is 0 Å². The van der Waals surface area contributed by atoms with Crippen LogP contribution < -0.4 is 0 Å². The number of rotatable bonds is 5. The largest absolute Gasteiger partial charge is 0.396 e. The van der Waals surface area contributed by atoms with Crippen molar-refractivity contribution < 1.29 is 5.11 Å². The van der Waals surface area contributed by atoms with Crippen molar-refractivity contribution in [1.82, 2.24) is 0 Å². The molecule has 0 aliphatic heterocycles. The lowest BCUT2D eigenvalue weighted by molar-refractivity contribution is 0.265. The molecule has 0 fully saturated rings. The van der Waals surface area contributed by atoms with Gasteiger partial charge in [-0.15, -0.1) is 0 Å². The maximum Gasteiger partial charge on any atom is 0.0431 e. The molecular formula is C15H20O. The lowest BCUT2D eigenvalue weighted by Gasteiger charge is -2.31. The second-order valence-electron chi connectivity index (χ2n) is 4.75. The van der Waals surface area contributed by atoms with Crippen molar-refractivity contribution in [2.75, 3.05) is 6.61 Å². The second-order valence-corrected chi connectivity index (χ2v) is 4.75. The highest BCUT2D eigenvalue weighted by Gasteiger charge is 2.31. The average Bonchev–Trinajstić information content (AvgIpc) is 2.96. The Morgan fingerprint density at radius 2 is 1.69 bits per heavy atom. The van der Waals surface area contributed by atoms with Gasteiger partial charge in [-0.25, -0.2) is 0 Å². The predicted octanol–water partition coefficient (Wildman–Crippen LogP) is 3.54. The molecule has 2 aliphatic carbocycles. The molecule has 1 heteroatoms. The number of aliphatic hydroxyl groups is 1. The number of hydrogen-bond donors (Lipinski definition) is 1. The molecule has 0 atom stereocenters. The maximum atomic E-state index is 9.04. The summed E-state index contributed by atoms with van der Waals surface area (Å²) in [7, 11) is 0. The van der Waals surface area contributed by atoms with Gasteiger partial charge in [0.2, 0.25) is 0 Å². The fourth-order valence-corrected chi connectivity index (χ4v) is 2.62. The Labute approximate surface area is 97.9 Å². The van der Waals surface area contributed by atoms with E-state index in [0.717, 1.165) is 25.7 Å². The zero-order valence-electron chi connectivity index (χ0n) is 9.95. The zero-order valence-corrected chi connectivity index (χ0v) is 9.95. The van der Waals surface area contributed by atoms with Crippen LogP contribution in [0.2, 0.25) is 0 Å². The number of allylic oxidation sites excluding steroid dienone is 8. The normalized spacial score (nSPS) is 19.1. The topological polar surface area (TPSA) is 20.2 Å². The molecule has 1 N–H and O–H groups in total. The fourth-order valence-electron chi connectivity index (χ4n) is 2.62. The molecule has 1 nitrogen and oxygen atoms in total. The highest BCUT2D eigenvalue weighted by atomic mass is 16.2. The SMILES string of the molecule is CC(CCCO)(C1=CCC=C1)C1=CCC=C1. The summed E-state index contributed by atoms with van der Waals surface area (Å²) >= 11 is 0. The first kappa shape index (κ1) is 11.4. The van der Waals surface area contributed by atoms with Gasteiger partial charge in [0.1, 0.15) is 0 Å². The molecular weight excluding hydrogens is 196 g/mol. The van der Waals surface area contributed by atoms with Gasteiger partial charge in [0.15, 0.2) is 0 Å². The van der Waals surface area contributed by atoms with Crippen LogP contribution in [0.5, 0.6) is 0 Å². The molecule has 0 heterocycles. The molecule has 0 aromatic heterocycles. The van der Waals surface area contributed by atoms with Gasteiger partial charge in [-0.3, -0.25) is 0 Å². The van der Waals surface area contributed by atoms with Crippen molar-refractivity contribution in [2.45, 2.75) is 32.6 Å². The van der Waals surface area contributed by atoms with E-state index in [1.807, 2.05) is 0 Å². The summed E-state index contributed by atoms with van der Waals surface area (Å²) in [5.41, 5.74) is 2.93. The molecule has 0 saturated heterocycles. The van der Waals surface area contributed by atoms with Crippen molar-refractivity contribution in [3.05, 3.63) is 47.6 Å². The van der Waals surface area contributed by atoms with E-state index in [1.54, 1.807) is 0 Å². The van der Waals surface area contributed by atoms with E-state index in [4.69, 9.17) is 5.11 Å². The molecule has 0 aromatic carbocycles. The molecule has 0 spiro atoms. The molecule has 2 aliphatic rings. The Morgan fingerprint density at radius 3 is 2.06 bits per heavy atom. The Morgan fingerprint density at radius 1 is 1.12 bits per heavy atom. The van der Waals surface area contributed by atoms with Crippen LogP contribution in [-0.2, 0) is 0 Å². The third-order valence-electron chi connectivity index (χ3n) is 3.65. The van der Waals surface area contributed by atoms with Gasteiger partial charge < -0.3 is 5.11 Å². The van der Waals surface area contributed by atoms with Gasteiger partial charge in [-0.1, -0.05) is 43.4 Å². The Balaban J connectivity index is 2.24. The minimum Gasteiger partial charge on any atom is -0.396 e. The molecule has 0 saturated carbocycles. The summed E-state index contributed by atoms with van der Waals surface area (Å²) in [6.45, 7) is 2.58. The molecule has 0 unspecified atom stereocenters. The molecule has 86 valence electrons. The molecule has 2 rings (SSSR count). The zero-order chi connectivity index (χ0) is 11.4. The summed E-state index contributed by atoms with van der Waals surface area (Å²) in [6, 6.07) is 0. The lowest BCUT2D eigenvalue weighted by atomic mass is 9.72. The van der Waals surface area contributed by atoms with Crippen LogP contribution in [0.15, 0.2) is 47.6 Å². The van der Waals surface area contributed by atoms with Crippen LogP contribution >= 0.6 is 0 Å². The predicted molar refractivity (Wildman–Crippen MR) is 68.1 cm³/mol. The van der Waals surface area contributed by atoms with E-state index in [-0.39, 0.29) is 12.0 Å². The lowest BCUT2D eigenvalue weighted by Crippen LogP contribution is -2.20. The number of aliphatic hydroxyl groups excluding tert-OH is 1. The van der Waals surface area contributed by atoms with Crippen LogP contribution in [0.25, 0.3) is 0 Å². The standard InChI is InChI=1S/C15H20O/c1-15(11-6-12-16,13-7-2-3-8-13)14-9-4-5-10-14/h2,4,7-10,16H,3,5-6,11-12H2,1H3. The van der Waals surface area contributed by atoms with Crippen LogP contribution in [-0.4, -0.2) is 11.7 Å². The highest BCUT2D eigenvalue weighted by molar-refractivity contribution is 5.45. The first-order valence-electron chi connectivity index (χ1n) is 6.12. The smallest absolute Gasteiger partial charge is 0.0431 e. The van der Waals surface area contributed by atoms with Crippen LogP contribution in [0.3, 0.4) is 0 Å². The monoisotopic (exact) mass is 216 g/mol. The minimum absolute atomic E-state index is 0.0999. The van der Waals surface area contributed by atoms with E-state index in [1.165, 1.54) is 11.1 Å². The van der Waals surface area contributed by atoms with E-state index < -0.39 is 0 Å². The Hall–Kier alpha value is -1.08. The molecule has 16 heavy (non-hydrogen) atoms. The first-order valence-corrected chi connectivity index (χ1v) is 6.12. The summed E-state index contributed by atoms with van der Waals surface area (Å²) in [5, 5.41) is 9.04. The third-order valence-corrected chi connectivity index (χ3v) is 3.65. The first-order chi connectivity index (χ1) is 7.77. The molecule has 0 aromatic rings. The van der Waals surface area contributed by atoms with Gasteiger partial charge in [0, 0.05) is 12.0 Å². The van der Waals surface area contributed by atoms with E-state index in [2.05, 4.69) is 43.4 Å². The van der Waals surface area contributed by atoms with Crippen molar-refractivity contribution in [3.63, 3.8) is 0 Å². The van der Waals surface area contributed by atoms with Crippen molar-refractivity contribution in [1.29, 1.82) is 0 Å². The summed E-state index contributed by atoms with van der Waals surface area (Å²) < 4.78 is 0. The van der Waals surface area contributed by atoms with Gasteiger partial charge in [0.25, 0.3) is 0 Å². The Bertz CT molecular complexity index is 339. The summed E-state index contributed by atoms with van der Waals surface area (Å²) in [5.74, 6) is 0. The van der Waals surface area contributed by atoms with E-state index in [0.29, 0.717) is 0 Å². The number of hydrogen-bond acceptors (Lipinski definition) is 1. The van der Waals surface area contributed by atoms with E-state index >= 15 is 0 Å². The fraction of sp³-hybridized carbons (Fsp3) is 0.467. The minimum atomic E-state index is 0.0999. The third kappa shape index (κ3) is 2.05. The maximum absolute atomic E-state index is 9.04. The Kier molecular flexibility index (Phi) is 3.45. The van der Waals surface area contributed by atoms with Crippen LogP contribution in [0, 0.1) is 5.41 Å². The van der Waals surface area contributed by atoms with Crippen LogP contribution in [0.1, 0.15) is 32.6 Å². The second kappa shape index (κ2) is 4.84. The quantitative estimate of drug-likeness (QED) is 0.745. The van der Waals surface area contributed by atoms with Gasteiger partial charge in [0.05, 0.1) is 0 Å². The molecule has 0 radical (unpaired) electrons. The van der Waals surface area contributed by atoms with Gasteiger partial charge >= 0.3 is 0 Å². The molecule has 0 amide bonds. The van der Waals surface area contributed by atoms with Gasteiger partial charge in [-0.2, -0.15) is 0 Å².